The standard InChI is InChI=1S/C22H32ClN3O3/c1-4-18(5-2)29-20-8-6-7-19(22(20)25-15(3)27)24-14-13-21(28)26-17-11-9-16(23)10-12-17/h6,8-12,18-20,22,24H,4-5,7,13-14H2,1-3H3,(H,25,27)(H,26,28)/t19-,20+,22+/m0/s1. The molecule has 0 saturated carbocycles. The summed E-state index contributed by atoms with van der Waals surface area (Å²) in [5, 5.41) is 9.93. The molecule has 0 aliphatic heterocycles. The second-order valence-corrected chi connectivity index (χ2v) is 7.73. The molecule has 0 aromatic heterocycles. The van der Waals surface area contributed by atoms with Crippen LogP contribution in [0, 0.1) is 0 Å². The third-order valence-electron chi connectivity index (χ3n) is 5.02. The third kappa shape index (κ3) is 7.80. The van der Waals surface area contributed by atoms with Crippen molar-refractivity contribution < 1.29 is 14.3 Å². The van der Waals surface area contributed by atoms with Crippen LogP contribution in [0.2, 0.25) is 5.02 Å². The molecule has 0 saturated heterocycles. The summed E-state index contributed by atoms with van der Waals surface area (Å²) >= 11 is 5.86. The zero-order chi connectivity index (χ0) is 21.2. The zero-order valence-corrected chi connectivity index (χ0v) is 18.2. The van der Waals surface area contributed by atoms with Crippen molar-refractivity contribution in [1.29, 1.82) is 0 Å². The van der Waals surface area contributed by atoms with Crippen molar-refractivity contribution in [3.05, 3.63) is 41.4 Å². The molecule has 3 atom stereocenters. The number of ether oxygens (including phenoxy) is 1. The Hall–Kier alpha value is -1.89. The lowest BCUT2D eigenvalue weighted by Gasteiger charge is -2.37. The summed E-state index contributed by atoms with van der Waals surface area (Å²) in [6.07, 6.45) is 7.04. The number of anilines is 1. The molecule has 0 fully saturated rings. The molecular formula is C22H32ClN3O3. The molecule has 0 radical (unpaired) electrons. The quantitative estimate of drug-likeness (QED) is 0.503. The smallest absolute Gasteiger partial charge is 0.225 e. The Bertz CT molecular complexity index is 689. The molecule has 1 aromatic carbocycles. The Morgan fingerprint density at radius 1 is 1.21 bits per heavy atom. The van der Waals surface area contributed by atoms with E-state index in [9.17, 15) is 9.59 Å². The van der Waals surface area contributed by atoms with E-state index in [2.05, 4.69) is 35.9 Å². The van der Waals surface area contributed by atoms with Gasteiger partial charge in [-0.2, -0.15) is 0 Å². The summed E-state index contributed by atoms with van der Waals surface area (Å²) in [7, 11) is 0. The normalized spacial score (nSPS) is 21.2. The first-order chi connectivity index (χ1) is 13.9. The molecule has 1 aliphatic rings. The highest BCUT2D eigenvalue weighted by Gasteiger charge is 2.32. The van der Waals surface area contributed by atoms with Gasteiger partial charge in [0.2, 0.25) is 11.8 Å². The van der Waals surface area contributed by atoms with Crippen molar-refractivity contribution in [1.82, 2.24) is 10.6 Å². The molecule has 7 heteroatoms. The molecule has 160 valence electrons. The number of carbonyl (C=O) groups excluding carboxylic acids is 2. The summed E-state index contributed by atoms with van der Waals surface area (Å²) in [5.74, 6) is -0.164. The first kappa shape index (κ1) is 23.4. The number of rotatable bonds is 10. The molecule has 0 unspecified atom stereocenters. The molecule has 2 rings (SSSR count). The van der Waals surface area contributed by atoms with Gasteiger partial charge in [0.05, 0.1) is 18.2 Å². The van der Waals surface area contributed by atoms with Crippen molar-refractivity contribution in [3.8, 4) is 0 Å². The third-order valence-corrected chi connectivity index (χ3v) is 5.27. The Labute approximate surface area is 178 Å². The van der Waals surface area contributed by atoms with Gasteiger partial charge in [0.15, 0.2) is 0 Å². The van der Waals surface area contributed by atoms with Gasteiger partial charge in [-0.1, -0.05) is 37.6 Å². The molecule has 1 aromatic rings. The van der Waals surface area contributed by atoms with Crippen LogP contribution in [0.15, 0.2) is 36.4 Å². The van der Waals surface area contributed by atoms with E-state index in [1.54, 1.807) is 24.3 Å². The maximum Gasteiger partial charge on any atom is 0.225 e. The molecule has 0 spiro atoms. The lowest BCUT2D eigenvalue weighted by Crippen LogP contribution is -2.57. The number of nitrogens with one attached hydrogen (secondary N) is 3. The van der Waals surface area contributed by atoms with E-state index in [1.165, 1.54) is 6.92 Å². The molecule has 0 bridgehead atoms. The topological polar surface area (TPSA) is 79.5 Å². The van der Waals surface area contributed by atoms with Crippen molar-refractivity contribution in [2.75, 3.05) is 11.9 Å². The number of hydrogen-bond donors (Lipinski definition) is 3. The van der Waals surface area contributed by atoms with Crippen LogP contribution < -0.4 is 16.0 Å². The van der Waals surface area contributed by atoms with Gasteiger partial charge in [-0.05, 0) is 43.5 Å². The first-order valence-electron chi connectivity index (χ1n) is 10.3. The van der Waals surface area contributed by atoms with Gasteiger partial charge in [0.1, 0.15) is 0 Å². The fourth-order valence-corrected chi connectivity index (χ4v) is 3.57. The van der Waals surface area contributed by atoms with Crippen LogP contribution in [0.5, 0.6) is 0 Å². The summed E-state index contributed by atoms with van der Waals surface area (Å²) in [6.45, 7) is 6.22. The van der Waals surface area contributed by atoms with Gasteiger partial charge in [-0.25, -0.2) is 0 Å². The molecule has 6 nitrogen and oxygen atoms in total. The van der Waals surface area contributed by atoms with Crippen LogP contribution >= 0.6 is 11.6 Å². The maximum atomic E-state index is 12.2. The zero-order valence-electron chi connectivity index (χ0n) is 17.4. The van der Waals surface area contributed by atoms with Gasteiger partial charge < -0.3 is 20.7 Å². The predicted molar refractivity (Wildman–Crippen MR) is 117 cm³/mol. The number of hydrogen-bond acceptors (Lipinski definition) is 4. The fraction of sp³-hybridized carbons (Fsp3) is 0.545. The summed E-state index contributed by atoms with van der Waals surface area (Å²) in [5.41, 5.74) is 0.717. The van der Waals surface area contributed by atoms with Crippen LogP contribution in [0.4, 0.5) is 5.69 Å². The van der Waals surface area contributed by atoms with Gasteiger partial charge in [-0.3, -0.25) is 9.59 Å². The van der Waals surface area contributed by atoms with E-state index < -0.39 is 0 Å². The van der Waals surface area contributed by atoms with E-state index in [0.29, 0.717) is 18.0 Å². The minimum absolute atomic E-state index is 0.00611. The summed E-state index contributed by atoms with van der Waals surface area (Å²) < 4.78 is 6.22. The minimum atomic E-state index is -0.182. The van der Waals surface area contributed by atoms with Gasteiger partial charge in [0.25, 0.3) is 0 Å². The number of carbonyl (C=O) groups is 2. The van der Waals surface area contributed by atoms with E-state index in [-0.39, 0.29) is 36.1 Å². The Balaban J connectivity index is 1.89. The van der Waals surface area contributed by atoms with Crippen LogP contribution in [0.1, 0.15) is 46.5 Å². The molecular weight excluding hydrogens is 390 g/mol. The molecule has 0 heterocycles. The second kappa shape index (κ2) is 12.0. The second-order valence-electron chi connectivity index (χ2n) is 7.30. The van der Waals surface area contributed by atoms with Crippen LogP contribution in [-0.4, -0.2) is 42.7 Å². The lowest BCUT2D eigenvalue weighted by atomic mass is 9.92. The van der Waals surface area contributed by atoms with Crippen molar-refractivity contribution in [3.63, 3.8) is 0 Å². The highest BCUT2D eigenvalue weighted by atomic mass is 35.5. The van der Waals surface area contributed by atoms with Crippen LogP contribution in [0.3, 0.4) is 0 Å². The van der Waals surface area contributed by atoms with Crippen LogP contribution in [-0.2, 0) is 14.3 Å². The molecule has 29 heavy (non-hydrogen) atoms. The summed E-state index contributed by atoms with van der Waals surface area (Å²) in [6, 6.07) is 6.85. The van der Waals surface area contributed by atoms with E-state index in [1.807, 2.05) is 6.08 Å². The largest absolute Gasteiger partial charge is 0.369 e. The molecule has 2 amide bonds. The van der Waals surface area contributed by atoms with E-state index in [0.717, 1.165) is 24.9 Å². The average molecular weight is 422 g/mol. The van der Waals surface area contributed by atoms with Crippen molar-refractivity contribution >= 4 is 29.1 Å². The maximum absolute atomic E-state index is 12.2. The SMILES string of the molecule is CCC(CC)O[C@@H]1C=CC[C@H](NCCC(=O)Nc2ccc(Cl)cc2)[C@H]1NC(C)=O. The Morgan fingerprint density at radius 3 is 2.52 bits per heavy atom. The predicted octanol–water partition coefficient (Wildman–Crippen LogP) is 3.67. The average Bonchev–Trinajstić information content (AvgIpc) is 2.69. The fourth-order valence-electron chi connectivity index (χ4n) is 3.44. The Kier molecular flexibility index (Phi) is 9.64. The Morgan fingerprint density at radius 2 is 1.90 bits per heavy atom. The minimum Gasteiger partial charge on any atom is -0.369 e. The monoisotopic (exact) mass is 421 g/mol. The van der Waals surface area contributed by atoms with Crippen molar-refractivity contribution in [2.24, 2.45) is 0 Å². The highest BCUT2D eigenvalue weighted by Crippen LogP contribution is 2.20. The first-order valence-corrected chi connectivity index (χ1v) is 10.7. The van der Waals surface area contributed by atoms with E-state index in [4.69, 9.17) is 16.3 Å². The van der Waals surface area contributed by atoms with Gasteiger partial charge in [0, 0.05) is 36.6 Å². The van der Waals surface area contributed by atoms with E-state index >= 15 is 0 Å². The number of benzene rings is 1. The molecule has 3 N–H and O–H groups in total. The van der Waals surface area contributed by atoms with Crippen LogP contribution in [0.25, 0.3) is 0 Å². The summed E-state index contributed by atoms with van der Waals surface area (Å²) in [4.78, 5) is 23.9. The number of halogens is 1. The van der Waals surface area contributed by atoms with Crippen molar-refractivity contribution in [2.45, 2.75) is 70.7 Å². The number of amides is 2. The highest BCUT2D eigenvalue weighted by molar-refractivity contribution is 6.30. The molecule has 1 aliphatic carbocycles. The van der Waals surface area contributed by atoms with Gasteiger partial charge in [-0.15, -0.1) is 0 Å². The van der Waals surface area contributed by atoms with Gasteiger partial charge >= 0.3 is 0 Å². The lowest BCUT2D eigenvalue weighted by molar-refractivity contribution is -0.122.